The number of hydrogen-bond donors (Lipinski definition) is 0. The molecule has 7 nitrogen and oxygen atoms in total. The van der Waals surface area contributed by atoms with Gasteiger partial charge in [-0.2, -0.15) is 13.2 Å². The van der Waals surface area contributed by atoms with E-state index in [4.69, 9.17) is 9.82 Å². The standard InChI is InChI=1S/C29H31F3N4O3S/c1-28(2,3)20-8-6-18(7-9-20)24-15-22(34-39-24)23-17-40-26(33-23)19-10-13-35(14-11-19)25(37)16-36-12-4-5-21(27(36)38)29(30,31)32/h4-9,12,17,19,24H,10-11,13-16H2,1-3H3. The van der Waals surface area contributed by atoms with Gasteiger partial charge in [0.2, 0.25) is 5.91 Å². The Balaban J connectivity index is 1.15. The van der Waals surface area contributed by atoms with E-state index in [0.29, 0.717) is 32.4 Å². The fraction of sp³-hybridized carbons (Fsp3) is 0.448. The lowest BCUT2D eigenvalue weighted by Crippen LogP contribution is -2.41. The molecule has 1 atom stereocenters. The van der Waals surface area contributed by atoms with Crippen molar-refractivity contribution in [3.05, 3.63) is 85.7 Å². The summed E-state index contributed by atoms with van der Waals surface area (Å²) in [7, 11) is 0. The largest absolute Gasteiger partial charge is 0.421 e. The second-order valence-electron chi connectivity index (χ2n) is 11.3. The minimum atomic E-state index is -4.76. The van der Waals surface area contributed by atoms with E-state index in [2.05, 4.69) is 50.2 Å². The Morgan fingerprint density at radius 1 is 1.10 bits per heavy atom. The Kier molecular flexibility index (Phi) is 7.60. The molecule has 1 amide bonds. The number of halogens is 3. The van der Waals surface area contributed by atoms with Crippen molar-refractivity contribution in [2.24, 2.45) is 5.16 Å². The molecule has 11 heteroatoms. The highest BCUT2D eigenvalue weighted by atomic mass is 32.1. The molecule has 0 N–H and O–H groups in total. The minimum absolute atomic E-state index is 0.0825. The number of benzene rings is 1. The number of likely N-dealkylation sites (tertiary alicyclic amines) is 1. The molecule has 1 saturated heterocycles. The van der Waals surface area contributed by atoms with Crippen molar-refractivity contribution in [3.63, 3.8) is 0 Å². The van der Waals surface area contributed by atoms with Crippen molar-refractivity contribution >= 4 is 23.0 Å². The molecule has 40 heavy (non-hydrogen) atoms. The van der Waals surface area contributed by atoms with Gasteiger partial charge in [-0.1, -0.05) is 50.2 Å². The summed E-state index contributed by atoms with van der Waals surface area (Å²) >= 11 is 1.56. The molecule has 1 unspecified atom stereocenters. The Bertz CT molecular complexity index is 1460. The average molecular weight is 573 g/mol. The minimum Gasteiger partial charge on any atom is -0.387 e. The van der Waals surface area contributed by atoms with Gasteiger partial charge in [0.1, 0.15) is 17.8 Å². The van der Waals surface area contributed by atoms with Crippen LogP contribution >= 0.6 is 11.3 Å². The highest BCUT2D eigenvalue weighted by Gasteiger charge is 2.35. The molecule has 1 aromatic carbocycles. The third-order valence-electron chi connectivity index (χ3n) is 7.46. The molecule has 212 valence electrons. The SMILES string of the molecule is CC(C)(C)c1ccc(C2CC(c3csc(C4CCN(C(=O)Cn5cccc(C(F)(F)F)c5=O)CC4)n3)=NO2)cc1. The van der Waals surface area contributed by atoms with E-state index in [1.54, 1.807) is 16.2 Å². The van der Waals surface area contributed by atoms with Gasteiger partial charge in [0.15, 0.2) is 6.10 Å². The van der Waals surface area contributed by atoms with Crippen molar-refractivity contribution in [2.45, 2.75) is 70.2 Å². The summed E-state index contributed by atoms with van der Waals surface area (Å²) in [6, 6.07) is 10.3. The van der Waals surface area contributed by atoms with Gasteiger partial charge < -0.3 is 14.3 Å². The van der Waals surface area contributed by atoms with E-state index in [0.717, 1.165) is 38.7 Å². The summed E-state index contributed by atoms with van der Waals surface area (Å²) in [6.07, 6.45) is -1.69. The molecule has 0 spiro atoms. The number of piperidine rings is 1. The van der Waals surface area contributed by atoms with Gasteiger partial charge in [0.25, 0.3) is 5.56 Å². The van der Waals surface area contributed by atoms with Crippen LogP contribution in [0.1, 0.15) is 79.4 Å². The van der Waals surface area contributed by atoms with Crippen molar-refractivity contribution < 1.29 is 22.8 Å². The van der Waals surface area contributed by atoms with Crippen LogP contribution in [0.3, 0.4) is 0 Å². The van der Waals surface area contributed by atoms with Gasteiger partial charge >= 0.3 is 6.18 Å². The van der Waals surface area contributed by atoms with E-state index >= 15 is 0 Å². The second-order valence-corrected chi connectivity index (χ2v) is 12.2. The number of nitrogens with zero attached hydrogens (tertiary/aromatic N) is 4. The molecule has 5 rings (SSSR count). The molecule has 2 aliphatic rings. The number of alkyl halides is 3. The van der Waals surface area contributed by atoms with E-state index < -0.39 is 23.8 Å². The molecular weight excluding hydrogens is 541 g/mol. The van der Waals surface area contributed by atoms with Gasteiger partial charge in [-0.3, -0.25) is 9.59 Å². The maximum Gasteiger partial charge on any atom is 0.421 e. The van der Waals surface area contributed by atoms with E-state index in [9.17, 15) is 22.8 Å². The predicted molar refractivity (Wildman–Crippen MR) is 146 cm³/mol. The lowest BCUT2D eigenvalue weighted by molar-refractivity contribution is -0.139. The Morgan fingerprint density at radius 2 is 1.80 bits per heavy atom. The highest BCUT2D eigenvalue weighted by Crippen LogP contribution is 2.34. The number of carbonyl (C=O) groups excluding carboxylic acids is 1. The quantitative estimate of drug-likeness (QED) is 0.382. The third kappa shape index (κ3) is 5.99. The Labute approximate surface area is 234 Å². The lowest BCUT2D eigenvalue weighted by atomic mass is 9.86. The molecule has 1 fully saturated rings. The van der Waals surface area contributed by atoms with Crippen molar-refractivity contribution in [1.82, 2.24) is 14.5 Å². The Hall–Kier alpha value is -3.47. The van der Waals surface area contributed by atoms with Gasteiger partial charge in [-0.25, -0.2) is 4.98 Å². The number of aromatic nitrogens is 2. The van der Waals surface area contributed by atoms with Gasteiger partial charge in [-0.05, 0) is 41.5 Å². The van der Waals surface area contributed by atoms with Crippen LogP contribution in [0.2, 0.25) is 0 Å². The second kappa shape index (κ2) is 10.8. The first-order chi connectivity index (χ1) is 18.9. The number of pyridine rings is 1. The first-order valence-electron chi connectivity index (χ1n) is 13.2. The molecule has 0 radical (unpaired) electrons. The van der Waals surface area contributed by atoms with Crippen LogP contribution in [0.15, 0.2) is 57.9 Å². The van der Waals surface area contributed by atoms with Crippen molar-refractivity contribution in [2.75, 3.05) is 13.1 Å². The van der Waals surface area contributed by atoms with E-state index in [1.165, 1.54) is 11.8 Å². The zero-order valence-electron chi connectivity index (χ0n) is 22.6. The highest BCUT2D eigenvalue weighted by molar-refractivity contribution is 7.10. The number of hydrogen-bond acceptors (Lipinski definition) is 6. The lowest BCUT2D eigenvalue weighted by Gasteiger charge is -2.31. The number of rotatable bonds is 5. The van der Waals surface area contributed by atoms with Gasteiger partial charge in [0, 0.05) is 37.0 Å². The molecule has 2 aromatic heterocycles. The molecule has 3 aromatic rings. The van der Waals surface area contributed by atoms with Crippen LogP contribution < -0.4 is 5.56 Å². The summed E-state index contributed by atoms with van der Waals surface area (Å²) < 4.78 is 40.0. The van der Waals surface area contributed by atoms with Crippen LogP contribution in [-0.4, -0.2) is 39.2 Å². The van der Waals surface area contributed by atoms with Crippen LogP contribution in [0, 0.1) is 0 Å². The normalized spacial score (nSPS) is 18.5. The molecule has 0 saturated carbocycles. The molecule has 0 bridgehead atoms. The van der Waals surface area contributed by atoms with Crippen molar-refractivity contribution in [1.29, 1.82) is 0 Å². The maximum absolute atomic E-state index is 13.0. The first-order valence-corrected chi connectivity index (χ1v) is 14.1. The third-order valence-corrected chi connectivity index (χ3v) is 8.47. The van der Waals surface area contributed by atoms with Crippen LogP contribution in [0.25, 0.3) is 0 Å². The first kappa shape index (κ1) is 28.1. The van der Waals surface area contributed by atoms with Crippen LogP contribution in [0.4, 0.5) is 13.2 Å². The fourth-order valence-electron chi connectivity index (χ4n) is 5.01. The summed E-state index contributed by atoms with van der Waals surface area (Å²) in [5, 5.41) is 7.26. The predicted octanol–water partition coefficient (Wildman–Crippen LogP) is 5.89. The van der Waals surface area contributed by atoms with Gasteiger partial charge in [0.05, 0.1) is 10.7 Å². The number of amides is 1. The summed E-state index contributed by atoms with van der Waals surface area (Å²) in [5.74, 6) is -0.207. The number of carbonyl (C=O) groups is 1. The van der Waals surface area contributed by atoms with Crippen LogP contribution in [-0.2, 0) is 27.8 Å². The monoisotopic (exact) mass is 572 g/mol. The molecular formula is C29H31F3N4O3S. The number of thiazole rings is 1. The van der Waals surface area contributed by atoms with E-state index in [-0.39, 0.29) is 23.3 Å². The zero-order chi connectivity index (χ0) is 28.7. The topological polar surface area (TPSA) is 76.8 Å². The molecule has 2 aliphatic heterocycles. The fourth-order valence-corrected chi connectivity index (χ4v) is 6.01. The van der Waals surface area contributed by atoms with Gasteiger partial charge in [-0.15, -0.1) is 11.3 Å². The maximum atomic E-state index is 13.0. The smallest absolute Gasteiger partial charge is 0.387 e. The van der Waals surface area contributed by atoms with E-state index in [1.807, 2.05) is 5.38 Å². The molecule has 0 aliphatic carbocycles. The van der Waals surface area contributed by atoms with Crippen LogP contribution in [0.5, 0.6) is 0 Å². The summed E-state index contributed by atoms with van der Waals surface area (Å²) in [4.78, 5) is 37.1. The van der Waals surface area contributed by atoms with Crippen molar-refractivity contribution in [3.8, 4) is 0 Å². The number of oxime groups is 1. The Morgan fingerprint density at radius 3 is 2.45 bits per heavy atom. The summed E-state index contributed by atoms with van der Waals surface area (Å²) in [5.41, 5.74) is 1.55. The summed E-state index contributed by atoms with van der Waals surface area (Å²) in [6.45, 7) is 7.01. The molecule has 4 heterocycles. The average Bonchev–Trinajstić information content (AvgIpc) is 3.59. The zero-order valence-corrected chi connectivity index (χ0v) is 23.4.